The summed E-state index contributed by atoms with van der Waals surface area (Å²) in [5.74, 6) is 0.848. The van der Waals surface area contributed by atoms with Gasteiger partial charge in [0, 0.05) is 25.1 Å². The third-order valence-electron chi connectivity index (χ3n) is 4.67. The Morgan fingerprint density at radius 3 is 2.88 bits per heavy atom. The van der Waals surface area contributed by atoms with E-state index >= 15 is 0 Å². The number of amides is 1. The molecule has 1 aliphatic heterocycles. The number of aliphatic hydroxyl groups is 2. The number of carbonyl (C=O) groups excluding carboxylic acids is 1. The zero-order chi connectivity index (χ0) is 18.0. The maximum Gasteiger partial charge on any atom is 0.223 e. The second-order valence-electron chi connectivity index (χ2n) is 6.45. The average Bonchev–Trinajstić information content (AvgIpc) is 3.08. The van der Waals surface area contributed by atoms with E-state index in [1.807, 2.05) is 23.4 Å². The number of aromatic nitrogens is 3. The van der Waals surface area contributed by atoms with Crippen molar-refractivity contribution in [1.82, 2.24) is 19.8 Å². The van der Waals surface area contributed by atoms with Gasteiger partial charge in [0.1, 0.15) is 11.9 Å². The third kappa shape index (κ3) is 3.74. The molecule has 0 fully saturated rings. The minimum atomic E-state index is -0.983. The van der Waals surface area contributed by atoms with Crippen LogP contribution in [0.3, 0.4) is 0 Å². The molecule has 0 saturated heterocycles. The highest BCUT2D eigenvalue weighted by molar-refractivity contribution is 5.76. The first kappa shape index (κ1) is 17.6. The number of nitrogens with zero attached hydrogens (tertiary/aromatic N) is 4. The summed E-state index contributed by atoms with van der Waals surface area (Å²) < 4.78 is 6.96. The van der Waals surface area contributed by atoms with Crippen LogP contribution in [0, 0.1) is 13.8 Å². The Bertz CT molecular complexity index is 732. The predicted molar refractivity (Wildman–Crippen MR) is 88.6 cm³/mol. The van der Waals surface area contributed by atoms with Gasteiger partial charge in [-0.2, -0.15) is 5.10 Å². The fourth-order valence-corrected chi connectivity index (χ4v) is 3.20. The normalized spacial score (nSPS) is 15.8. The number of aliphatic hydroxyl groups excluding tert-OH is 2. The Labute approximate surface area is 146 Å². The Kier molecular flexibility index (Phi) is 5.19. The molecule has 1 atom stereocenters. The maximum atomic E-state index is 12.6. The molecule has 8 nitrogen and oxygen atoms in total. The van der Waals surface area contributed by atoms with E-state index in [1.54, 1.807) is 6.07 Å². The molecule has 0 radical (unpaired) electrons. The molecular weight excluding hydrogens is 324 g/mol. The zero-order valence-corrected chi connectivity index (χ0v) is 14.6. The lowest BCUT2D eigenvalue weighted by Gasteiger charge is -2.20. The Morgan fingerprint density at radius 2 is 2.20 bits per heavy atom. The van der Waals surface area contributed by atoms with E-state index in [2.05, 4.69) is 10.3 Å². The number of carbonyl (C=O) groups is 1. The van der Waals surface area contributed by atoms with Crippen molar-refractivity contribution in [1.29, 1.82) is 0 Å². The standard InChI is InChI=1S/C17H24N4O4/c1-11-14(12(2)25-19-11)4-5-17(24)20-6-3-7-21-13(9-20)8-15(18-21)16(23)10-22/h8,16,22-23H,3-7,9-10H2,1-2H3. The highest BCUT2D eigenvalue weighted by Gasteiger charge is 2.22. The van der Waals surface area contributed by atoms with Gasteiger partial charge in [0.2, 0.25) is 5.91 Å². The highest BCUT2D eigenvalue weighted by Crippen LogP contribution is 2.20. The first-order valence-corrected chi connectivity index (χ1v) is 8.54. The Balaban J connectivity index is 1.66. The van der Waals surface area contributed by atoms with Crippen LogP contribution in [0.5, 0.6) is 0 Å². The average molecular weight is 348 g/mol. The molecule has 25 heavy (non-hydrogen) atoms. The molecule has 0 spiro atoms. The smallest absolute Gasteiger partial charge is 0.223 e. The van der Waals surface area contributed by atoms with Gasteiger partial charge in [-0.15, -0.1) is 0 Å². The van der Waals surface area contributed by atoms with Crippen LogP contribution in [0.4, 0.5) is 0 Å². The van der Waals surface area contributed by atoms with E-state index in [4.69, 9.17) is 9.63 Å². The summed E-state index contributed by atoms with van der Waals surface area (Å²) in [5, 5.41) is 27.1. The van der Waals surface area contributed by atoms with E-state index in [0.29, 0.717) is 38.2 Å². The van der Waals surface area contributed by atoms with Crippen molar-refractivity contribution in [3.63, 3.8) is 0 Å². The molecule has 1 unspecified atom stereocenters. The topological polar surface area (TPSA) is 105 Å². The molecule has 0 saturated carbocycles. The van der Waals surface area contributed by atoms with Crippen molar-refractivity contribution in [2.75, 3.05) is 13.2 Å². The van der Waals surface area contributed by atoms with Crippen molar-refractivity contribution >= 4 is 5.91 Å². The summed E-state index contributed by atoms with van der Waals surface area (Å²) in [6.45, 7) is 5.22. The van der Waals surface area contributed by atoms with Gasteiger partial charge in [-0.3, -0.25) is 9.48 Å². The van der Waals surface area contributed by atoms with E-state index in [0.717, 1.165) is 29.1 Å². The summed E-state index contributed by atoms with van der Waals surface area (Å²) >= 11 is 0. The molecule has 0 aliphatic carbocycles. The molecular formula is C17H24N4O4. The molecule has 0 aromatic carbocycles. The van der Waals surface area contributed by atoms with Crippen LogP contribution >= 0.6 is 0 Å². The lowest BCUT2D eigenvalue weighted by Crippen LogP contribution is -2.30. The Morgan fingerprint density at radius 1 is 1.40 bits per heavy atom. The first-order valence-electron chi connectivity index (χ1n) is 8.54. The van der Waals surface area contributed by atoms with E-state index in [1.165, 1.54) is 0 Å². The summed E-state index contributed by atoms with van der Waals surface area (Å²) in [5.41, 5.74) is 3.16. The van der Waals surface area contributed by atoms with Gasteiger partial charge in [-0.05, 0) is 32.8 Å². The molecule has 2 aromatic rings. The van der Waals surface area contributed by atoms with E-state index < -0.39 is 6.10 Å². The van der Waals surface area contributed by atoms with Gasteiger partial charge in [-0.25, -0.2) is 0 Å². The minimum Gasteiger partial charge on any atom is -0.393 e. The summed E-state index contributed by atoms with van der Waals surface area (Å²) in [6, 6.07) is 1.76. The summed E-state index contributed by atoms with van der Waals surface area (Å²) in [6.07, 6.45) is 0.844. The maximum absolute atomic E-state index is 12.6. The van der Waals surface area contributed by atoms with Crippen LogP contribution in [-0.4, -0.2) is 49.1 Å². The van der Waals surface area contributed by atoms with Gasteiger partial charge >= 0.3 is 0 Å². The van der Waals surface area contributed by atoms with Crippen molar-refractivity contribution < 1.29 is 19.5 Å². The molecule has 8 heteroatoms. The highest BCUT2D eigenvalue weighted by atomic mass is 16.5. The van der Waals surface area contributed by atoms with Crippen molar-refractivity contribution in [2.45, 2.75) is 52.3 Å². The number of hydrogen-bond donors (Lipinski definition) is 2. The summed E-state index contributed by atoms with van der Waals surface area (Å²) in [7, 11) is 0. The number of fused-ring (bicyclic) bond motifs is 1. The van der Waals surface area contributed by atoms with Crippen LogP contribution in [0.15, 0.2) is 10.6 Å². The molecule has 1 aliphatic rings. The van der Waals surface area contributed by atoms with Gasteiger partial charge in [0.25, 0.3) is 0 Å². The molecule has 2 aromatic heterocycles. The minimum absolute atomic E-state index is 0.0823. The zero-order valence-electron chi connectivity index (χ0n) is 14.6. The van der Waals surface area contributed by atoms with Crippen LogP contribution in [0.1, 0.15) is 47.4 Å². The monoisotopic (exact) mass is 348 g/mol. The SMILES string of the molecule is Cc1noc(C)c1CCC(=O)N1CCCn2nc(C(O)CO)cc2C1. The van der Waals surface area contributed by atoms with E-state index in [-0.39, 0.29) is 12.5 Å². The quantitative estimate of drug-likeness (QED) is 0.831. The largest absolute Gasteiger partial charge is 0.393 e. The van der Waals surface area contributed by atoms with Gasteiger partial charge in [0.15, 0.2) is 0 Å². The molecule has 3 heterocycles. The second-order valence-corrected chi connectivity index (χ2v) is 6.45. The molecule has 2 N–H and O–H groups in total. The lowest BCUT2D eigenvalue weighted by molar-refractivity contribution is -0.131. The second kappa shape index (κ2) is 7.37. The van der Waals surface area contributed by atoms with Gasteiger partial charge < -0.3 is 19.6 Å². The fraction of sp³-hybridized carbons (Fsp3) is 0.588. The first-order chi connectivity index (χ1) is 12.0. The number of rotatable bonds is 5. The molecule has 0 bridgehead atoms. The van der Waals surface area contributed by atoms with Crippen molar-refractivity contribution in [2.24, 2.45) is 0 Å². The number of hydrogen-bond acceptors (Lipinski definition) is 6. The third-order valence-corrected chi connectivity index (χ3v) is 4.67. The summed E-state index contributed by atoms with van der Waals surface area (Å²) in [4.78, 5) is 14.5. The molecule has 1 amide bonds. The molecule has 136 valence electrons. The van der Waals surface area contributed by atoms with Gasteiger partial charge in [-0.1, -0.05) is 5.16 Å². The molecule has 3 rings (SSSR count). The van der Waals surface area contributed by atoms with E-state index in [9.17, 15) is 9.90 Å². The predicted octanol–water partition coefficient (Wildman–Crippen LogP) is 0.879. The van der Waals surface area contributed by atoms with Crippen LogP contribution in [-0.2, 0) is 24.3 Å². The van der Waals surface area contributed by atoms with Crippen LogP contribution in [0.2, 0.25) is 0 Å². The Hall–Kier alpha value is -2.19. The fourth-order valence-electron chi connectivity index (χ4n) is 3.20. The van der Waals surface area contributed by atoms with Crippen molar-refractivity contribution in [3.8, 4) is 0 Å². The van der Waals surface area contributed by atoms with Crippen molar-refractivity contribution in [3.05, 3.63) is 34.5 Å². The number of aryl methyl sites for hydroxylation is 3. The van der Waals surface area contributed by atoms with Gasteiger partial charge in [0.05, 0.1) is 30.2 Å². The van der Waals surface area contributed by atoms with Crippen LogP contribution in [0.25, 0.3) is 0 Å². The lowest BCUT2D eigenvalue weighted by atomic mass is 10.1. The van der Waals surface area contributed by atoms with Crippen LogP contribution < -0.4 is 0 Å².